The van der Waals surface area contributed by atoms with Gasteiger partial charge in [-0.2, -0.15) is 0 Å². The summed E-state index contributed by atoms with van der Waals surface area (Å²) in [6, 6.07) is 3.74. The van der Waals surface area contributed by atoms with Gasteiger partial charge in [-0.1, -0.05) is 58.3 Å². The number of carbonyl (C=O) groups is 2. The third-order valence-electron chi connectivity index (χ3n) is 3.92. The van der Waals surface area contributed by atoms with Gasteiger partial charge in [0.05, 0.1) is 0 Å². The zero-order valence-corrected chi connectivity index (χ0v) is 14.4. The number of esters is 1. The summed E-state index contributed by atoms with van der Waals surface area (Å²) < 4.78 is 5.11. The van der Waals surface area contributed by atoms with Crippen molar-refractivity contribution in [3.8, 4) is 11.5 Å². The van der Waals surface area contributed by atoms with E-state index in [0.29, 0.717) is 6.42 Å². The lowest BCUT2D eigenvalue weighted by Crippen LogP contribution is -2.08. The van der Waals surface area contributed by atoms with E-state index < -0.39 is 11.7 Å². The van der Waals surface area contributed by atoms with Crippen molar-refractivity contribution < 1.29 is 24.5 Å². The first-order valence-corrected chi connectivity index (χ1v) is 8.81. The third kappa shape index (κ3) is 7.99. The summed E-state index contributed by atoms with van der Waals surface area (Å²) in [7, 11) is 0. The van der Waals surface area contributed by atoms with Gasteiger partial charge < -0.3 is 14.9 Å². The Morgan fingerprint density at radius 1 is 0.958 bits per heavy atom. The minimum atomic E-state index is -1.22. The molecule has 1 rings (SSSR count). The highest BCUT2D eigenvalue weighted by Gasteiger charge is 2.12. The number of carbonyl (C=O) groups excluding carboxylic acids is 1. The molecule has 0 fully saturated rings. The number of rotatable bonds is 12. The van der Waals surface area contributed by atoms with E-state index in [2.05, 4.69) is 6.92 Å². The van der Waals surface area contributed by atoms with Crippen LogP contribution in [0.3, 0.4) is 0 Å². The summed E-state index contributed by atoms with van der Waals surface area (Å²) in [5.41, 5.74) is -0.214. The molecule has 0 spiro atoms. The van der Waals surface area contributed by atoms with Crippen LogP contribution in [0.5, 0.6) is 11.5 Å². The van der Waals surface area contributed by atoms with Gasteiger partial charge in [-0.15, -0.1) is 0 Å². The van der Waals surface area contributed by atoms with Gasteiger partial charge >= 0.3 is 11.9 Å². The highest BCUT2D eigenvalue weighted by Crippen LogP contribution is 2.24. The molecule has 0 heterocycles. The van der Waals surface area contributed by atoms with Gasteiger partial charge in [0.1, 0.15) is 17.1 Å². The number of phenols is 1. The summed E-state index contributed by atoms with van der Waals surface area (Å²) in [6.45, 7) is 2.21. The predicted molar refractivity (Wildman–Crippen MR) is 92.5 cm³/mol. The molecule has 24 heavy (non-hydrogen) atoms. The zero-order chi connectivity index (χ0) is 17.8. The first-order chi connectivity index (χ1) is 11.5. The Bertz CT molecular complexity index is 524. The van der Waals surface area contributed by atoms with Crippen LogP contribution in [0.2, 0.25) is 0 Å². The van der Waals surface area contributed by atoms with Crippen molar-refractivity contribution in [2.45, 2.75) is 71.1 Å². The molecule has 0 bridgehead atoms. The second-order valence-electron chi connectivity index (χ2n) is 6.04. The molecule has 134 valence electrons. The van der Waals surface area contributed by atoms with Crippen LogP contribution in [0.15, 0.2) is 18.2 Å². The van der Waals surface area contributed by atoms with Crippen LogP contribution >= 0.6 is 0 Å². The lowest BCUT2D eigenvalue weighted by Gasteiger charge is -2.06. The predicted octanol–water partition coefficient (Wildman–Crippen LogP) is 4.92. The number of aromatic carboxylic acids is 1. The second kappa shape index (κ2) is 11.5. The molecule has 0 amide bonds. The van der Waals surface area contributed by atoms with Crippen LogP contribution in [0, 0.1) is 0 Å². The number of carboxylic acid groups (broad SMARTS) is 1. The summed E-state index contributed by atoms with van der Waals surface area (Å²) in [4.78, 5) is 22.5. The second-order valence-corrected chi connectivity index (χ2v) is 6.04. The van der Waals surface area contributed by atoms with Crippen molar-refractivity contribution in [1.29, 1.82) is 0 Å². The molecule has 0 aliphatic rings. The Kier molecular flexibility index (Phi) is 9.58. The molecular weight excluding hydrogens is 308 g/mol. The monoisotopic (exact) mass is 336 g/mol. The fourth-order valence-electron chi connectivity index (χ4n) is 2.52. The van der Waals surface area contributed by atoms with Gasteiger partial charge in [-0.3, -0.25) is 4.79 Å². The largest absolute Gasteiger partial charge is 0.507 e. The van der Waals surface area contributed by atoms with Crippen molar-refractivity contribution in [2.75, 3.05) is 0 Å². The van der Waals surface area contributed by atoms with Crippen LogP contribution in [-0.4, -0.2) is 22.2 Å². The molecule has 2 N–H and O–H groups in total. The molecule has 0 aliphatic carbocycles. The van der Waals surface area contributed by atoms with Crippen LogP contribution in [0.25, 0.3) is 0 Å². The number of aromatic hydroxyl groups is 1. The van der Waals surface area contributed by atoms with Crippen molar-refractivity contribution in [3.63, 3.8) is 0 Å². The van der Waals surface area contributed by atoms with Gasteiger partial charge in [-0.05, 0) is 18.6 Å². The van der Waals surface area contributed by atoms with Crippen LogP contribution in [0.4, 0.5) is 0 Å². The maximum atomic E-state index is 11.7. The molecular formula is C19H28O5. The summed E-state index contributed by atoms with van der Waals surface area (Å²) >= 11 is 0. The van der Waals surface area contributed by atoms with E-state index >= 15 is 0 Å². The van der Waals surface area contributed by atoms with Crippen molar-refractivity contribution in [3.05, 3.63) is 23.8 Å². The molecule has 0 unspecified atom stereocenters. The minimum absolute atomic E-state index is 0.165. The molecule has 0 aromatic heterocycles. The summed E-state index contributed by atoms with van der Waals surface area (Å²) in [5, 5.41) is 18.4. The van der Waals surface area contributed by atoms with Crippen LogP contribution in [-0.2, 0) is 4.79 Å². The molecule has 5 nitrogen and oxygen atoms in total. The quantitative estimate of drug-likeness (QED) is 0.322. The number of hydrogen-bond acceptors (Lipinski definition) is 4. The van der Waals surface area contributed by atoms with Crippen LogP contribution < -0.4 is 4.74 Å². The Balaban J connectivity index is 2.16. The van der Waals surface area contributed by atoms with E-state index in [1.807, 2.05) is 0 Å². The topological polar surface area (TPSA) is 83.8 Å². The van der Waals surface area contributed by atoms with Gasteiger partial charge in [0, 0.05) is 12.5 Å². The number of carboxylic acids is 1. The Morgan fingerprint density at radius 3 is 2.08 bits per heavy atom. The fourth-order valence-corrected chi connectivity index (χ4v) is 2.52. The average molecular weight is 336 g/mol. The van der Waals surface area contributed by atoms with E-state index in [9.17, 15) is 14.7 Å². The Labute approximate surface area is 143 Å². The van der Waals surface area contributed by atoms with E-state index in [1.165, 1.54) is 50.7 Å². The molecule has 5 heteroatoms. The van der Waals surface area contributed by atoms with Crippen LogP contribution in [0.1, 0.15) is 81.5 Å². The Hall–Kier alpha value is -2.04. The normalized spacial score (nSPS) is 10.5. The summed E-state index contributed by atoms with van der Waals surface area (Å²) in [5.74, 6) is -1.82. The van der Waals surface area contributed by atoms with E-state index in [0.717, 1.165) is 25.3 Å². The Morgan fingerprint density at radius 2 is 1.54 bits per heavy atom. The maximum Gasteiger partial charge on any atom is 0.339 e. The number of ether oxygens (including phenoxy) is 1. The lowest BCUT2D eigenvalue weighted by atomic mass is 10.1. The average Bonchev–Trinajstić information content (AvgIpc) is 2.53. The molecule has 1 aromatic carbocycles. The molecule has 0 saturated heterocycles. The summed E-state index contributed by atoms with van der Waals surface area (Å²) in [6.07, 6.45) is 10.9. The molecule has 0 saturated carbocycles. The van der Waals surface area contributed by atoms with Gasteiger partial charge in [0.2, 0.25) is 0 Å². The first kappa shape index (κ1) is 20.0. The minimum Gasteiger partial charge on any atom is -0.507 e. The van der Waals surface area contributed by atoms with Crippen molar-refractivity contribution in [2.24, 2.45) is 0 Å². The van der Waals surface area contributed by atoms with E-state index in [1.54, 1.807) is 0 Å². The number of hydrogen-bond donors (Lipinski definition) is 2. The van der Waals surface area contributed by atoms with Crippen molar-refractivity contribution in [1.82, 2.24) is 0 Å². The van der Waals surface area contributed by atoms with Gasteiger partial charge in [-0.25, -0.2) is 4.79 Å². The fraction of sp³-hybridized carbons (Fsp3) is 0.579. The maximum absolute atomic E-state index is 11.7. The van der Waals surface area contributed by atoms with Crippen molar-refractivity contribution >= 4 is 11.9 Å². The van der Waals surface area contributed by atoms with Gasteiger partial charge in [0.25, 0.3) is 0 Å². The molecule has 0 atom stereocenters. The number of benzene rings is 1. The highest BCUT2D eigenvalue weighted by molar-refractivity contribution is 5.91. The standard InChI is InChI=1S/C19H28O5/c1-2-3-4-5-6-7-8-9-10-11-18(21)24-15-12-13-16(19(22)23)17(20)14-15/h12-14,20H,2-11H2,1H3,(H,22,23). The lowest BCUT2D eigenvalue weighted by molar-refractivity contribution is -0.134. The molecule has 0 radical (unpaired) electrons. The molecule has 0 aliphatic heterocycles. The smallest absolute Gasteiger partial charge is 0.339 e. The van der Waals surface area contributed by atoms with E-state index in [-0.39, 0.29) is 17.3 Å². The SMILES string of the molecule is CCCCCCCCCCCC(=O)Oc1ccc(C(=O)O)c(O)c1. The molecule has 1 aromatic rings. The highest BCUT2D eigenvalue weighted by atomic mass is 16.5. The first-order valence-electron chi connectivity index (χ1n) is 8.81. The zero-order valence-electron chi connectivity index (χ0n) is 14.4. The van der Waals surface area contributed by atoms with Gasteiger partial charge in [0.15, 0.2) is 0 Å². The third-order valence-corrected chi connectivity index (χ3v) is 3.92. The number of unbranched alkanes of at least 4 members (excludes halogenated alkanes) is 8. The van der Waals surface area contributed by atoms with E-state index in [4.69, 9.17) is 9.84 Å².